The van der Waals surface area contributed by atoms with E-state index in [1.54, 1.807) is 18.2 Å². The van der Waals surface area contributed by atoms with E-state index in [4.69, 9.17) is 23.2 Å². The second-order valence-corrected chi connectivity index (χ2v) is 4.45. The fourth-order valence-electron chi connectivity index (χ4n) is 1.48. The van der Waals surface area contributed by atoms with Crippen LogP contribution in [0, 0.1) is 0 Å². The van der Waals surface area contributed by atoms with E-state index >= 15 is 0 Å². The topological polar surface area (TPSA) is 75.1 Å². The smallest absolute Gasteiger partial charge is 0.331 e. The van der Waals surface area contributed by atoms with Gasteiger partial charge in [0.1, 0.15) is 0 Å². The first kappa shape index (κ1) is 12.7. The van der Waals surface area contributed by atoms with E-state index in [9.17, 15) is 14.7 Å². The number of hydrogen-bond donors (Lipinski definition) is 2. The maximum atomic E-state index is 11.5. The number of aromatic amines is 1. The van der Waals surface area contributed by atoms with E-state index in [-0.39, 0.29) is 6.54 Å². The van der Waals surface area contributed by atoms with Gasteiger partial charge in [-0.05, 0) is 17.7 Å². The molecule has 0 radical (unpaired) electrons. The Balaban J connectivity index is 2.43. The van der Waals surface area contributed by atoms with Crippen LogP contribution in [0.25, 0.3) is 0 Å². The molecule has 0 aliphatic rings. The van der Waals surface area contributed by atoms with Crippen molar-refractivity contribution in [2.24, 2.45) is 0 Å². The lowest BCUT2D eigenvalue weighted by molar-refractivity contribution is 0.409. The molecule has 2 N–H and O–H groups in total. The first-order chi connectivity index (χ1) is 8.47. The van der Waals surface area contributed by atoms with Crippen LogP contribution in [-0.2, 0) is 6.54 Å². The molecule has 0 amide bonds. The summed E-state index contributed by atoms with van der Waals surface area (Å²) in [6.45, 7) is 0.0817. The second-order valence-electron chi connectivity index (χ2n) is 3.63. The minimum absolute atomic E-state index is 0.0817. The number of halogens is 2. The average Bonchev–Trinajstić information content (AvgIpc) is 2.28. The van der Waals surface area contributed by atoms with Crippen LogP contribution in [0.2, 0.25) is 10.0 Å². The molecule has 1 aromatic heterocycles. The van der Waals surface area contributed by atoms with Gasteiger partial charge in [-0.2, -0.15) is 0 Å². The highest BCUT2D eigenvalue weighted by atomic mass is 35.5. The van der Waals surface area contributed by atoms with Gasteiger partial charge < -0.3 is 5.11 Å². The van der Waals surface area contributed by atoms with Gasteiger partial charge in [-0.15, -0.1) is 0 Å². The van der Waals surface area contributed by atoms with Gasteiger partial charge in [0.2, 0.25) is 5.88 Å². The maximum absolute atomic E-state index is 11.5. The summed E-state index contributed by atoms with van der Waals surface area (Å²) in [6, 6.07) is 5.78. The number of benzene rings is 1. The quantitative estimate of drug-likeness (QED) is 0.881. The van der Waals surface area contributed by atoms with Crippen LogP contribution < -0.4 is 11.2 Å². The van der Waals surface area contributed by atoms with Gasteiger partial charge in [-0.3, -0.25) is 14.3 Å². The van der Waals surface area contributed by atoms with Gasteiger partial charge in [0.25, 0.3) is 5.56 Å². The predicted octanol–water partition coefficient (Wildman–Crippen LogP) is 1.60. The molecule has 0 saturated carbocycles. The number of rotatable bonds is 2. The molecular formula is C11H8Cl2N2O3. The first-order valence-electron chi connectivity index (χ1n) is 4.94. The first-order valence-corrected chi connectivity index (χ1v) is 5.70. The Bertz CT molecular complexity index is 706. The molecule has 1 heterocycles. The predicted molar refractivity (Wildman–Crippen MR) is 68.6 cm³/mol. The molecule has 0 bridgehead atoms. The molecule has 0 aliphatic heterocycles. The lowest BCUT2D eigenvalue weighted by Gasteiger charge is -2.08. The van der Waals surface area contributed by atoms with E-state index in [0.717, 1.165) is 10.6 Å². The monoisotopic (exact) mass is 286 g/mol. The molecule has 0 unspecified atom stereocenters. The third-order valence-corrected chi connectivity index (χ3v) is 3.08. The third kappa shape index (κ3) is 2.57. The average molecular weight is 287 g/mol. The van der Waals surface area contributed by atoms with Crippen molar-refractivity contribution in [2.45, 2.75) is 6.54 Å². The van der Waals surface area contributed by atoms with Crippen molar-refractivity contribution in [2.75, 3.05) is 0 Å². The highest BCUT2D eigenvalue weighted by Gasteiger charge is 2.06. The molecule has 0 saturated heterocycles. The minimum Gasteiger partial charge on any atom is -0.494 e. The van der Waals surface area contributed by atoms with Crippen LogP contribution in [0.5, 0.6) is 5.88 Å². The molecule has 94 valence electrons. The lowest BCUT2D eigenvalue weighted by atomic mass is 10.2. The van der Waals surface area contributed by atoms with Crippen LogP contribution in [-0.4, -0.2) is 14.7 Å². The Labute approximate surface area is 111 Å². The summed E-state index contributed by atoms with van der Waals surface area (Å²) in [4.78, 5) is 24.5. The number of aromatic nitrogens is 2. The van der Waals surface area contributed by atoms with Crippen molar-refractivity contribution in [3.05, 3.63) is 60.7 Å². The molecular weight excluding hydrogens is 279 g/mol. The summed E-state index contributed by atoms with van der Waals surface area (Å²) in [5.74, 6) is -0.408. The number of nitrogens with one attached hydrogen (secondary N) is 1. The van der Waals surface area contributed by atoms with E-state index in [1.165, 1.54) is 0 Å². The Morgan fingerprint density at radius 3 is 2.50 bits per heavy atom. The zero-order valence-electron chi connectivity index (χ0n) is 8.98. The molecule has 1 aromatic carbocycles. The fourth-order valence-corrected chi connectivity index (χ4v) is 1.80. The van der Waals surface area contributed by atoms with Crippen LogP contribution in [0.4, 0.5) is 0 Å². The Morgan fingerprint density at radius 2 is 1.89 bits per heavy atom. The number of nitrogens with zero attached hydrogens (tertiary/aromatic N) is 1. The molecule has 0 atom stereocenters. The second kappa shape index (κ2) is 4.88. The molecule has 0 spiro atoms. The fraction of sp³-hybridized carbons (Fsp3) is 0.0909. The number of aromatic hydroxyl groups is 1. The minimum atomic E-state index is -0.689. The number of hydrogen-bond acceptors (Lipinski definition) is 3. The van der Waals surface area contributed by atoms with E-state index < -0.39 is 17.1 Å². The largest absolute Gasteiger partial charge is 0.494 e. The SMILES string of the molecule is O=c1cc(O)n(Cc2ccc(Cl)c(Cl)c2)c(=O)[nH]1. The molecule has 18 heavy (non-hydrogen) atoms. The zero-order valence-corrected chi connectivity index (χ0v) is 10.5. The van der Waals surface area contributed by atoms with Gasteiger partial charge in [0, 0.05) is 0 Å². The van der Waals surface area contributed by atoms with E-state index in [0.29, 0.717) is 15.6 Å². The molecule has 2 rings (SSSR count). The van der Waals surface area contributed by atoms with Gasteiger partial charge >= 0.3 is 5.69 Å². The number of H-pyrrole nitrogens is 1. The van der Waals surface area contributed by atoms with Crippen LogP contribution in [0.1, 0.15) is 5.56 Å². The summed E-state index contributed by atoms with van der Waals surface area (Å²) >= 11 is 11.6. The van der Waals surface area contributed by atoms with Crippen LogP contribution in [0.3, 0.4) is 0 Å². The van der Waals surface area contributed by atoms with Crippen molar-refractivity contribution in [1.82, 2.24) is 9.55 Å². The van der Waals surface area contributed by atoms with Crippen LogP contribution >= 0.6 is 23.2 Å². The standard InChI is InChI=1S/C11H8Cl2N2O3/c12-7-2-1-6(3-8(7)13)5-15-10(17)4-9(16)14-11(15)18/h1-4,17H,5H2,(H,14,16,18). The normalized spacial score (nSPS) is 10.6. The zero-order chi connectivity index (χ0) is 13.3. The highest BCUT2D eigenvalue weighted by molar-refractivity contribution is 6.42. The van der Waals surface area contributed by atoms with Gasteiger partial charge in [-0.25, -0.2) is 4.79 Å². The molecule has 0 fully saturated rings. The van der Waals surface area contributed by atoms with Crippen molar-refractivity contribution in [3.63, 3.8) is 0 Å². The van der Waals surface area contributed by atoms with Crippen molar-refractivity contribution in [3.8, 4) is 5.88 Å². The van der Waals surface area contributed by atoms with Crippen LogP contribution in [0.15, 0.2) is 33.9 Å². The Hall–Kier alpha value is -1.72. The lowest BCUT2D eigenvalue weighted by Crippen LogP contribution is -2.29. The third-order valence-electron chi connectivity index (χ3n) is 2.34. The summed E-state index contributed by atoms with van der Waals surface area (Å²) in [6.07, 6.45) is 0. The van der Waals surface area contributed by atoms with E-state index in [1.807, 2.05) is 0 Å². The van der Waals surface area contributed by atoms with Gasteiger partial charge in [-0.1, -0.05) is 29.3 Å². The highest BCUT2D eigenvalue weighted by Crippen LogP contribution is 2.23. The molecule has 5 nitrogen and oxygen atoms in total. The van der Waals surface area contributed by atoms with Crippen molar-refractivity contribution < 1.29 is 5.11 Å². The molecule has 7 heteroatoms. The maximum Gasteiger partial charge on any atom is 0.331 e. The summed E-state index contributed by atoms with van der Waals surface area (Å²) < 4.78 is 1.01. The van der Waals surface area contributed by atoms with Crippen molar-refractivity contribution in [1.29, 1.82) is 0 Å². The summed E-state index contributed by atoms with van der Waals surface area (Å²) in [5, 5.41) is 10.3. The van der Waals surface area contributed by atoms with E-state index in [2.05, 4.69) is 4.98 Å². The van der Waals surface area contributed by atoms with Gasteiger partial charge in [0.15, 0.2) is 0 Å². The van der Waals surface area contributed by atoms with Crippen molar-refractivity contribution >= 4 is 23.2 Å². The summed E-state index contributed by atoms with van der Waals surface area (Å²) in [5.41, 5.74) is -0.664. The Morgan fingerprint density at radius 1 is 1.17 bits per heavy atom. The summed E-state index contributed by atoms with van der Waals surface area (Å²) in [7, 11) is 0. The van der Waals surface area contributed by atoms with Gasteiger partial charge in [0.05, 0.1) is 22.7 Å². The molecule has 2 aromatic rings. The molecule has 0 aliphatic carbocycles. The Kier molecular flexibility index (Phi) is 3.45.